The summed E-state index contributed by atoms with van der Waals surface area (Å²) in [5, 5.41) is 38.4. The second-order valence-electron chi connectivity index (χ2n) is 12.7. The van der Waals surface area contributed by atoms with Gasteiger partial charge in [0.2, 0.25) is 11.2 Å². The van der Waals surface area contributed by atoms with Crippen molar-refractivity contribution in [2.75, 3.05) is 13.2 Å². The third-order valence-electron chi connectivity index (χ3n) is 8.95. The van der Waals surface area contributed by atoms with E-state index in [2.05, 4.69) is 31.9 Å². The summed E-state index contributed by atoms with van der Waals surface area (Å²) in [6, 6.07) is 26.4. The van der Waals surface area contributed by atoms with Gasteiger partial charge in [0.15, 0.2) is 13.2 Å². The van der Waals surface area contributed by atoms with E-state index in [1.807, 2.05) is 37.3 Å². The molecule has 17 heteroatoms. The number of fused-ring (bicyclic) bond motifs is 6. The lowest BCUT2D eigenvalue weighted by atomic mass is 9.90. The van der Waals surface area contributed by atoms with Crippen molar-refractivity contribution in [2.45, 2.75) is 36.5 Å². The average molecular weight is 927 g/mol. The maximum atomic E-state index is 13.7. The molecular formula is C40H31Br2F6NO8. The molecule has 0 aliphatic heterocycles. The first kappa shape index (κ1) is 43.2. The SMILES string of the molecule is C[C@H](N)c1ccccc1.O=C(O)COc1cc(Br)c2c(c1)C(O)(C(F)(F)F)c1ccccc1-2.O=C(O)COc1cc(Br)c2c(c1)C(O)(C(F)(F)F)c1ccccc1-2. The largest absolute Gasteiger partial charge is 0.482 e. The minimum absolute atomic E-state index is 0.0847. The second kappa shape index (κ2) is 16.5. The van der Waals surface area contributed by atoms with Crippen molar-refractivity contribution in [3.8, 4) is 33.8 Å². The van der Waals surface area contributed by atoms with Crippen LogP contribution in [-0.2, 0) is 20.8 Å². The van der Waals surface area contributed by atoms with Crippen LogP contribution in [-0.4, -0.2) is 57.9 Å². The number of halogens is 8. The summed E-state index contributed by atoms with van der Waals surface area (Å²) < 4.78 is 92.6. The molecule has 9 nitrogen and oxygen atoms in total. The predicted octanol–water partition coefficient (Wildman–Crippen LogP) is 9.09. The lowest BCUT2D eigenvalue weighted by Gasteiger charge is -2.28. The molecule has 2 unspecified atom stereocenters. The van der Waals surface area contributed by atoms with Crippen molar-refractivity contribution in [1.82, 2.24) is 0 Å². The fourth-order valence-corrected chi connectivity index (χ4v) is 7.73. The number of nitrogens with two attached hydrogens (primary N) is 1. The van der Waals surface area contributed by atoms with Crippen molar-refractivity contribution < 1.29 is 65.8 Å². The zero-order valence-electron chi connectivity index (χ0n) is 29.3. The van der Waals surface area contributed by atoms with Crippen LogP contribution in [0.15, 0.2) is 112 Å². The average Bonchev–Trinajstić information content (AvgIpc) is 3.58. The van der Waals surface area contributed by atoms with Gasteiger partial charge < -0.3 is 35.6 Å². The number of aliphatic hydroxyl groups is 2. The highest BCUT2D eigenvalue weighted by molar-refractivity contribution is 9.11. The maximum absolute atomic E-state index is 13.7. The lowest BCUT2D eigenvalue weighted by molar-refractivity contribution is -0.247. The van der Waals surface area contributed by atoms with E-state index in [1.54, 1.807) is 12.1 Å². The highest BCUT2D eigenvalue weighted by Crippen LogP contribution is 2.59. The Bertz CT molecular complexity index is 2170. The van der Waals surface area contributed by atoms with Crippen LogP contribution in [0.1, 0.15) is 40.8 Å². The summed E-state index contributed by atoms with van der Waals surface area (Å²) in [6.07, 6.45) is -9.92. The molecule has 3 atom stereocenters. The molecule has 0 saturated carbocycles. The van der Waals surface area contributed by atoms with E-state index in [4.69, 9.17) is 25.4 Å². The minimum Gasteiger partial charge on any atom is -0.482 e. The van der Waals surface area contributed by atoms with E-state index in [0.717, 1.165) is 12.1 Å². The Morgan fingerprint density at radius 1 is 0.632 bits per heavy atom. The summed E-state index contributed by atoms with van der Waals surface area (Å²) in [5.41, 5.74) is -0.00720. The van der Waals surface area contributed by atoms with Crippen molar-refractivity contribution in [1.29, 1.82) is 0 Å². The Morgan fingerprint density at radius 3 is 1.30 bits per heavy atom. The predicted molar refractivity (Wildman–Crippen MR) is 203 cm³/mol. The molecule has 0 fully saturated rings. The molecule has 57 heavy (non-hydrogen) atoms. The number of carboxylic acid groups (broad SMARTS) is 2. The smallest absolute Gasteiger partial charge is 0.425 e. The molecule has 0 saturated heterocycles. The zero-order valence-corrected chi connectivity index (χ0v) is 32.5. The fraction of sp³-hybridized carbons (Fsp3) is 0.200. The zero-order chi connectivity index (χ0) is 42.1. The van der Waals surface area contributed by atoms with Crippen LogP contribution in [0.2, 0.25) is 0 Å². The Labute approximate surface area is 337 Å². The lowest BCUT2D eigenvalue weighted by Crippen LogP contribution is -2.41. The first-order chi connectivity index (χ1) is 26.6. The van der Waals surface area contributed by atoms with Gasteiger partial charge in [-0.25, -0.2) is 9.59 Å². The summed E-state index contributed by atoms with van der Waals surface area (Å²) in [7, 11) is 0. The molecule has 2 aliphatic carbocycles. The quantitative estimate of drug-likeness (QED) is 0.100. The number of carbonyl (C=O) groups is 2. The monoisotopic (exact) mass is 925 g/mol. The Hall–Kier alpha value is -4.94. The molecule has 2 aliphatic rings. The van der Waals surface area contributed by atoms with Crippen LogP contribution in [0.3, 0.4) is 0 Å². The number of carboxylic acids is 2. The second-order valence-corrected chi connectivity index (χ2v) is 14.4. The topological polar surface area (TPSA) is 160 Å². The number of rotatable bonds is 7. The summed E-state index contributed by atoms with van der Waals surface area (Å²) in [6.45, 7) is 0.570. The Kier molecular flexibility index (Phi) is 12.5. The highest BCUT2D eigenvalue weighted by atomic mass is 79.9. The van der Waals surface area contributed by atoms with Gasteiger partial charge >= 0.3 is 24.3 Å². The maximum Gasteiger partial charge on any atom is 0.425 e. The van der Waals surface area contributed by atoms with E-state index in [0.29, 0.717) is 0 Å². The number of hydrogen-bond donors (Lipinski definition) is 5. The number of benzene rings is 5. The van der Waals surface area contributed by atoms with E-state index < -0.39 is 59.8 Å². The number of hydrogen-bond acceptors (Lipinski definition) is 7. The van der Waals surface area contributed by atoms with Crippen molar-refractivity contribution in [2.24, 2.45) is 5.73 Å². The Morgan fingerprint density at radius 2 is 0.982 bits per heavy atom. The van der Waals surface area contributed by atoms with Gasteiger partial charge in [-0.05, 0) is 47.9 Å². The van der Waals surface area contributed by atoms with Gasteiger partial charge in [0.1, 0.15) is 11.5 Å². The summed E-state index contributed by atoms with van der Waals surface area (Å²) in [4.78, 5) is 21.2. The number of alkyl halides is 6. The first-order valence-corrected chi connectivity index (χ1v) is 18.2. The standard InChI is InChI=1S/2C16H10BrF3O4.C8H11N/c2*17-12-6-8(24-7-13(21)22)5-11-14(12)9-3-1-2-4-10(9)15(11,23)16(18,19)20;1-7(9)8-5-3-2-4-6-8/h2*1-6,23H,7H2,(H,21,22);2-7H,9H2,1H3/t;;7-/m..0/s1. The van der Waals surface area contributed by atoms with Gasteiger partial charge in [0, 0.05) is 48.4 Å². The number of ether oxygens (including phenoxy) is 2. The van der Waals surface area contributed by atoms with Crippen LogP contribution in [0, 0.1) is 0 Å². The van der Waals surface area contributed by atoms with Crippen LogP contribution >= 0.6 is 31.9 Å². The molecule has 5 aromatic carbocycles. The van der Waals surface area contributed by atoms with Gasteiger partial charge in [-0.2, -0.15) is 26.3 Å². The van der Waals surface area contributed by atoms with Gasteiger partial charge in [0.25, 0.3) is 0 Å². The van der Waals surface area contributed by atoms with Gasteiger partial charge in [-0.15, -0.1) is 0 Å². The molecule has 0 spiro atoms. The molecule has 0 amide bonds. The molecule has 0 heterocycles. The van der Waals surface area contributed by atoms with E-state index in [1.165, 1.54) is 54.1 Å². The minimum atomic E-state index is -4.96. The molecular weight excluding hydrogens is 896 g/mol. The fourth-order valence-electron chi connectivity index (χ4n) is 6.43. The Balaban J connectivity index is 0.000000179. The molecule has 0 bridgehead atoms. The molecule has 300 valence electrons. The van der Waals surface area contributed by atoms with Gasteiger partial charge in [-0.3, -0.25) is 0 Å². The van der Waals surface area contributed by atoms with Crippen LogP contribution in [0.4, 0.5) is 26.3 Å². The molecule has 0 aromatic heterocycles. The summed E-state index contributed by atoms with van der Waals surface area (Å²) >= 11 is 6.38. The van der Waals surface area contributed by atoms with E-state index in [-0.39, 0.29) is 59.9 Å². The van der Waals surface area contributed by atoms with E-state index in [9.17, 15) is 46.1 Å². The number of aliphatic carboxylic acids is 2. The molecule has 0 radical (unpaired) electrons. The first-order valence-electron chi connectivity index (χ1n) is 16.6. The molecule has 6 N–H and O–H groups in total. The summed E-state index contributed by atoms with van der Waals surface area (Å²) in [5.74, 6) is -2.70. The van der Waals surface area contributed by atoms with Crippen molar-refractivity contribution in [3.63, 3.8) is 0 Å². The van der Waals surface area contributed by atoms with Crippen molar-refractivity contribution in [3.05, 3.63) is 140 Å². The van der Waals surface area contributed by atoms with Gasteiger partial charge in [0.05, 0.1) is 0 Å². The molecule has 7 rings (SSSR count). The van der Waals surface area contributed by atoms with Crippen LogP contribution in [0.25, 0.3) is 22.3 Å². The third-order valence-corrected chi connectivity index (χ3v) is 10.2. The van der Waals surface area contributed by atoms with E-state index >= 15 is 0 Å². The van der Waals surface area contributed by atoms with Gasteiger partial charge in [-0.1, -0.05) is 111 Å². The third kappa shape index (κ3) is 8.39. The highest BCUT2D eigenvalue weighted by Gasteiger charge is 2.62. The van der Waals surface area contributed by atoms with Crippen molar-refractivity contribution >= 4 is 43.8 Å². The van der Waals surface area contributed by atoms with Crippen LogP contribution < -0.4 is 15.2 Å². The van der Waals surface area contributed by atoms with Crippen LogP contribution in [0.5, 0.6) is 11.5 Å². The molecule has 5 aromatic rings. The normalized spacial score (nSPS) is 18.0.